The van der Waals surface area contributed by atoms with Crippen molar-refractivity contribution in [3.63, 3.8) is 0 Å². The van der Waals surface area contributed by atoms with Gasteiger partial charge in [-0.3, -0.25) is 14.9 Å². The number of non-ortho nitro benzene ring substituents is 1. The van der Waals surface area contributed by atoms with E-state index in [9.17, 15) is 27.7 Å². The highest BCUT2D eigenvalue weighted by molar-refractivity contribution is 5.52. The average Bonchev–Trinajstić information content (AvgIpc) is 2.55. The minimum Gasteiger partial charge on any atom is -0.356 e. The second-order valence-electron chi connectivity index (χ2n) is 4.72. The molecule has 0 fully saturated rings. The van der Waals surface area contributed by atoms with E-state index in [4.69, 9.17) is 0 Å². The number of ether oxygens (including phenoxy) is 1. The van der Waals surface area contributed by atoms with Gasteiger partial charge in [-0.15, -0.1) is 0 Å². The van der Waals surface area contributed by atoms with Crippen LogP contribution in [0.4, 0.5) is 28.9 Å². The molecule has 5 nitrogen and oxygen atoms in total. The zero-order valence-corrected chi connectivity index (χ0v) is 12.0. The summed E-state index contributed by atoms with van der Waals surface area (Å²) in [6.45, 7) is 0. The SMILES string of the molecule is O=[N+]([O-])c1cccc(NC(OC(F)(F)C(F)F)c2ccccc2)c1. The van der Waals surface area contributed by atoms with Crippen molar-refractivity contribution in [2.45, 2.75) is 18.8 Å². The molecule has 0 saturated carbocycles. The van der Waals surface area contributed by atoms with Crippen molar-refractivity contribution in [3.05, 3.63) is 70.3 Å². The Morgan fingerprint density at radius 3 is 2.33 bits per heavy atom. The second-order valence-corrected chi connectivity index (χ2v) is 4.72. The Labute approximate surface area is 134 Å². The van der Waals surface area contributed by atoms with Crippen LogP contribution in [0.25, 0.3) is 0 Å². The molecule has 0 bridgehead atoms. The summed E-state index contributed by atoms with van der Waals surface area (Å²) < 4.78 is 55.6. The van der Waals surface area contributed by atoms with E-state index >= 15 is 0 Å². The number of hydrogen-bond donors (Lipinski definition) is 1. The van der Waals surface area contributed by atoms with Crippen molar-refractivity contribution in [2.75, 3.05) is 5.32 Å². The van der Waals surface area contributed by atoms with Crippen LogP contribution >= 0.6 is 0 Å². The van der Waals surface area contributed by atoms with Gasteiger partial charge in [-0.2, -0.15) is 8.78 Å². The number of rotatable bonds is 7. The van der Waals surface area contributed by atoms with E-state index in [1.54, 1.807) is 6.07 Å². The lowest BCUT2D eigenvalue weighted by atomic mass is 10.2. The zero-order chi connectivity index (χ0) is 17.7. The van der Waals surface area contributed by atoms with Crippen molar-refractivity contribution < 1.29 is 27.2 Å². The lowest BCUT2D eigenvalue weighted by molar-refractivity contribution is -0.384. The second kappa shape index (κ2) is 7.26. The molecule has 128 valence electrons. The van der Waals surface area contributed by atoms with Gasteiger partial charge >= 0.3 is 12.5 Å². The van der Waals surface area contributed by atoms with Gasteiger partial charge in [-0.1, -0.05) is 36.4 Å². The molecule has 2 aromatic rings. The first-order valence-electron chi connectivity index (χ1n) is 6.69. The number of benzene rings is 2. The summed E-state index contributed by atoms with van der Waals surface area (Å²) in [5.41, 5.74) is -0.0557. The number of anilines is 1. The topological polar surface area (TPSA) is 64.4 Å². The first-order chi connectivity index (χ1) is 11.3. The van der Waals surface area contributed by atoms with Gasteiger partial charge < -0.3 is 5.32 Å². The molecular formula is C15H12F4N2O3. The van der Waals surface area contributed by atoms with Crippen LogP contribution in [-0.4, -0.2) is 17.5 Å². The largest absolute Gasteiger partial charge is 0.418 e. The molecule has 0 aliphatic heterocycles. The third kappa shape index (κ3) is 4.42. The molecular weight excluding hydrogens is 332 g/mol. The normalized spacial score (nSPS) is 12.9. The maximum Gasteiger partial charge on any atom is 0.418 e. The molecule has 0 saturated heterocycles. The van der Waals surface area contributed by atoms with Crippen LogP contribution < -0.4 is 5.32 Å². The standard InChI is InChI=1S/C15H12F4N2O3/c16-14(17)15(18,19)24-13(10-5-2-1-3-6-10)20-11-7-4-8-12(9-11)21(22)23/h1-9,13-14,20H. The Kier molecular flexibility index (Phi) is 5.35. The van der Waals surface area contributed by atoms with Gasteiger partial charge in [0.05, 0.1) is 4.92 Å². The molecule has 2 rings (SSSR count). The fourth-order valence-electron chi connectivity index (χ4n) is 1.88. The number of nitrogens with zero attached hydrogens (tertiary/aromatic N) is 1. The Balaban J connectivity index is 2.30. The summed E-state index contributed by atoms with van der Waals surface area (Å²) in [6, 6.07) is 12.4. The molecule has 0 heterocycles. The Morgan fingerprint density at radius 1 is 1.08 bits per heavy atom. The van der Waals surface area contributed by atoms with Gasteiger partial charge in [0.1, 0.15) is 0 Å². The van der Waals surface area contributed by atoms with Crippen LogP contribution in [-0.2, 0) is 4.74 Å². The summed E-state index contributed by atoms with van der Waals surface area (Å²) >= 11 is 0. The molecule has 2 aromatic carbocycles. The Morgan fingerprint density at radius 2 is 1.75 bits per heavy atom. The highest BCUT2D eigenvalue weighted by Gasteiger charge is 2.45. The molecule has 0 spiro atoms. The molecule has 1 N–H and O–H groups in total. The van der Waals surface area contributed by atoms with Crippen molar-refractivity contribution in [2.24, 2.45) is 0 Å². The maximum absolute atomic E-state index is 13.3. The summed E-state index contributed by atoms with van der Waals surface area (Å²) in [5.74, 6) is 0. The smallest absolute Gasteiger partial charge is 0.356 e. The minimum atomic E-state index is -4.69. The first-order valence-corrected chi connectivity index (χ1v) is 6.69. The third-order valence-corrected chi connectivity index (χ3v) is 2.99. The summed E-state index contributed by atoms with van der Waals surface area (Å²) in [5, 5.41) is 13.2. The number of nitro benzene ring substituents is 1. The monoisotopic (exact) mass is 344 g/mol. The Bertz CT molecular complexity index is 698. The Hall–Kier alpha value is -2.68. The molecule has 1 unspecified atom stereocenters. The number of halogens is 4. The van der Waals surface area contributed by atoms with Crippen LogP contribution in [0.3, 0.4) is 0 Å². The van der Waals surface area contributed by atoms with Gasteiger partial charge in [0.15, 0.2) is 6.23 Å². The fraction of sp³-hybridized carbons (Fsp3) is 0.200. The van der Waals surface area contributed by atoms with E-state index in [1.165, 1.54) is 42.5 Å². The van der Waals surface area contributed by atoms with Gasteiger partial charge in [-0.25, -0.2) is 8.78 Å². The van der Waals surface area contributed by atoms with Gasteiger partial charge in [0.2, 0.25) is 0 Å². The van der Waals surface area contributed by atoms with Crippen molar-refractivity contribution in [1.29, 1.82) is 0 Å². The summed E-state index contributed by atoms with van der Waals surface area (Å²) in [4.78, 5) is 10.1. The molecule has 24 heavy (non-hydrogen) atoms. The summed E-state index contributed by atoms with van der Waals surface area (Å²) in [7, 11) is 0. The highest BCUT2D eigenvalue weighted by Crippen LogP contribution is 2.32. The first kappa shape index (κ1) is 17.7. The van der Waals surface area contributed by atoms with E-state index in [2.05, 4.69) is 10.1 Å². The van der Waals surface area contributed by atoms with Gasteiger partial charge in [-0.05, 0) is 6.07 Å². The van der Waals surface area contributed by atoms with E-state index < -0.39 is 23.7 Å². The van der Waals surface area contributed by atoms with Gasteiger partial charge in [0, 0.05) is 23.4 Å². The summed E-state index contributed by atoms with van der Waals surface area (Å²) in [6.07, 6.45) is -10.3. The predicted octanol–water partition coefficient (Wildman–Crippen LogP) is 4.58. The van der Waals surface area contributed by atoms with E-state index in [-0.39, 0.29) is 16.9 Å². The molecule has 1 atom stereocenters. The number of hydrogen-bond acceptors (Lipinski definition) is 4. The lowest BCUT2D eigenvalue weighted by Gasteiger charge is -2.25. The van der Waals surface area contributed by atoms with Crippen LogP contribution in [0.5, 0.6) is 0 Å². The molecule has 0 aromatic heterocycles. The van der Waals surface area contributed by atoms with Crippen LogP contribution in [0, 0.1) is 10.1 Å². The lowest BCUT2D eigenvalue weighted by Crippen LogP contribution is -2.34. The molecule has 0 radical (unpaired) electrons. The predicted molar refractivity (Wildman–Crippen MR) is 77.9 cm³/mol. The minimum absolute atomic E-state index is 0.0723. The average molecular weight is 344 g/mol. The number of nitro groups is 1. The quantitative estimate of drug-likeness (QED) is 0.346. The van der Waals surface area contributed by atoms with Crippen molar-refractivity contribution >= 4 is 11.4 Å². The number of nitrogens with one attached hydrogen (secondary N) is 1. The van der Waals surface area contributed by atoms with Gasteiger partial charge in [0.25, 0.3) is 5.69 Å². The highest BCUT2D eigenvalue weighted by atomic mass is 19.3. The van der Waals surface area contributed by atoms with Crippen LogP contribution in [0.15, 0.2) is 54.6 Å². The molecule has 0 aliphatic carbocycles. The van der Waals surface area contributed by atoms with Crippen molar-refractivity contribution in [3.8, 4) is 0 Å². The zero-order valence-electron chi connectivity index (χ0n) is 12.0. The van der Waals surface area contributed by atoms with Crippen LogP contribution in [0.1, 0.15) is 11.8 Å². The van der Waals surface area contributed by atoms with Crippen molar-refractivity contribution in [1.82, 2.24) is 0 Å². The molecule has 9 heteroatoms. The van der Waals surface area contributed by atoms with E-state index in [0.29, 0.717) is 0 Å². The van der Waals surface area contributed by atoms with Crippen LogP contribution in [0.2, 0.25) is 0 Å². The van der Waals surface area contributed by atoms with E-state index in [1.807, 2.05) is 0 Å². The van der Waals surface area contributed by atoms with E-state index in [0.717, 1.165) is 6.07 Å². The molecule has 0 aliphatic rings. The molecule has 0 amide bonds. The maximum atomic E-state index is 13.3. The third-order valence-electron chi connectivity index (χ3n) is 2.99. The number of alkyl halides is 4. The fourth-order valence-corrected chi connectivity index (χ4v) is 1.88.